The molecule has 2 amide bonds. The van der Waals surface area contributed by atoms with E-state index >= 15 is 0 Å². The number of carbonyl (C=O) groups excluding carboxylic acids is 2. The van der Waals surface area contributed by atoms with E-state index in [1.807, 2.05) is 6.92 Å². The molecule has 0 aromatic rings. The topological polar surface area (TPSA) is 104 Å². The van der Waals surface area contributed by atoms with E-state index in [1.54, 1.807) is 0 Å². The molecular weight excluding hydrogens is 380 g/mol. The number of hydrogen-bond acceptors (Lipinski definition) is 7. The molecule has 2 N–H and O–H groups in total. The smallest absolute Gasteiger partial charge is 0.246 e. The molecule has 0 aliphatic heterocycles. The maximum atomic E-state index is 11.5. The van der Waals surface area contributed by atoms with Crippen molar-refractivity contribution in [3.05, 3.63) is 0 Å². The molecule has 9 heteroatoms. The zero-order chi connectivity index (χ0) is 21.8. The molecule has 9 nitrogen and oxygen atoms in total. The summed E-state index contributed by atoms with van der Waals surface area (Å²) in [5.74, 6) is -0.0885. The van der Waals surface area contributed by atoms with Gasteiger partial charge in [0.1, 0.15) is 6.61 Å². The Morgan fingerprint density at radius 3 is 1.55 bits per heavy atom. The minimum absolute atomic E-state index is 0.0255. The van der Waals surface area contributed by atoms with Crippen LogP contribution >= 0.6 is 0 Å². The van der Waals surface area contributed by atoms with Gasteiger partial charge in [0, 0.05) is 19.5 Å². The van der Waals surface area contributed by atoms with Gasteiger partial charge in [-0.1, -0.05) is 27.7 Å². The summed E-state index contributed by atoms with van der Waals surface area (Å²) >= 11 is 0. The highest BCUT2D eigenvalue weighted by atomic mass is 16.6. The molecule has 0 aromatic heterocycles. The van der Waals surface area contributed by atoms with E-state index in [2.05, 4.69) is 31.4 Å². The van der Waals surface area contributed by atoms with Crippen molar-refractivity contribution < 1.29 is 33.3 Å². The first-order chi connectivity index (χ1) is 13.8. The molecule has 0 rings (SSSR count). The Hall–Kier alpha value is -1.26. The van der Waals surface area contributed by atoms with Crippen LogP contribution in [0.1, 0.15) is 34.1 Å². The fourth-order valence-electron chi connectivity index (χ4n) is 1.85. The average Bonchev–Trinajstić information content (AvgIpc) is 2.67. The summed E-state index contributed by atoms with van der Waals surface area (Å²) in [4.78, 5) is 22.5. The Kier molecular flexibility index (Phi) is 17.9. The van der Waals surface area contributed by atoms with E-state index in [-0.39, 0.29) is 23.8 Å². The maximum Gasteiger partial charge on any atom is 0.246 e. The highest BCUT2D eigenvalue weighted by Gasteiger charge is 2.11. The monoisotopic (exact) mass is 420 g/mol. The number of rotatable bonds is 19. The first-order valence-corrected chi connectivity index (χ1v) is 10.3. The summed E-state index contributed by atoms with van der Waals surface area (Å²) in [6.45, 7) is 13.3. The second-order valence-electron chi connectivity index (χ2n) is 7.54. The summed E-state index contributed by atoms with van der Waals surface area (Å²) in [5.41, 5.74) is 0.0614. The van der Waals surface area contributed by atoms with Crippen LogP contribution in [0.5, 0.6) is 0 Å². The second kappa shape index (κ2) is 18.7. The first-order valence-electron chi connectivity index (χ1n) is 10.3. The molecule has 0 heterocycles. The van der Waals surface area contributed by atoms with Crippen molar-refractivity contribution in [3.63, 3.8) is 0 Å². The average molecular weight is 421 g/mol. The standard InChI is InChI=1S/C20H40N2O7/c1-5-18(23)21-6-7-25-8-9-26-10-11-27-12-13-28-14-15-29-16-19(24)22-17-20(2,3)4/h5-17H2,1-4H3,(H,21,23)(H,22,24). The lowest BCUT2D eigenvalue weighted by atomic mass is 9.97. The van der Waals surface area contributed by atoms with Crippen molar-refractivity contribution in [1.29, 1.82) is 0 Å². The van der Waals surface area contributed by atoms with Crippen molar-refractivity contribution in [2.75, 3.05) is 79.2 Å². The fraction of sp³-hybridized carbons (Fsp3) is 0.900. The molecule has 0 saturated heterocycles. The van der Waals surface area contributed by atoms with E-state index in [0.717, 1.165) is 0 Å². The normalized spacial score (nSPS) is 11.4. The lowest BCUT2D eigenvalue weighted by Gasteiger charge is -2.18. The Morgan fingerprint density at radius 1 is 0.655 bits per heavy atom. The van der Waals surface area contributed by atoms with Crippen molar-refractivity contribution in [1.82, 2.24) is 10.6 Å². The summed E-state index contributed by atoms with van der Waals surface area (Å²) in [5, 5.41) is 5.55. The van der Waals surface area contributed by atoms with Crippen LogP contribution in [0.4, 0.5) is 0 Å². The quantitative estimate of drug-likeness (QED) is 0.297. The predicted octanol–water partition coefficient (Wildman–Crippen LogP) is 0.758. The fourth-order valence-corrected chi connectivity index (χ4v) is 1.85. The summed E-state index contributed by atoms with van der Waals surface area (Å²) in [7, 11) is 0. The highest BCUT2D eigenvalue weighted by Crippen LogP contribution is 2.09. The van der Waals surface area contributed by atoms with Crippen molar-refractivity contribution in [2.24, 2.45) is 5.41 Å². The molecule has 0 bridgehead atoms. The van der Waals surface area contributed by atoms with Crippen LogP contribution < -0.4 is 10.6 Å². The van der Waals surface area contributed by atoms with Crippen molar-refractivity contribution in [2.45, 2.75) is 34.1 Å². The molecule has 0 fully saturated rings. The third-order valence-electron chi connectivity index (χ3n) is 3.43. The van der Waals surface area contributed by atoms with Crippen LogP contribution in [0.25, 0.3) is 0 Å². The van der Waals surface area contributed by atoms with Gasteiger partial charge >= 0.3 is 0 Å². The number of amides is 2. The van der Waals surface area contributed by atoms with E-state index in [1.165, 1.54) is 0 Å². The van der Waals surface area contributed by atoms with Gasteiger partial charge in [0.25, 0.3) is 0 Å². The summed E-state index contributed by atoms with van der Waals surface area (Å²) < 4.78 is 26.7. The third-order valence-corrected chi connectivity index (χ3v) is 3.43. The Morgan fingerprint density at radius 2 is 1.10 bits per heavy atom. The van der Waals surface area contributed by atoms with Gasteiger partial charge in [-0.3, -0.25) is 9.59 Å². The van der Waals surface area contributed by atoms with Gasteiger partial charge in [-0.05, 0) is 5.41 Å². The first kappa shape index (κ1) is 27.7. The molecule has 172 valence electrons. The molecule has 0 radical (unpaired) electrons. The summed E-state index contributed by atoms with van der Waals surface area (Å²) in [6.07, 6.45) is 0.485. The van der Waals surface area contributed by atoms with E-state index in [0.29, 0.717) is 79.0 Å². The van der Waals surface area contributed by atoms with Crippen molar-refractivity contribution >= 4 is 11.8 Å². The molecule has 0 unspecified atom stereocenters. The number of hydrogen-bond donors (Lipinski definition) is 2. The number of ether oxygens (including phenoxy) is 5. The van der Waals surface area contributed by atoms with Gasteiger partial charge in [0.2, 0.25) is 11.8 Å². The summed E-state index contributed by atoms with van der Waals surface area (Å²) in [6, 6.07) is 0. The largest absolute Gasteiger partial charge is 0.377 e. The molecule has 0 aliphatic rings. The molecule has 0 spiro atoms. The van der Waals surface area contributed by atoms with Crippen LogP contribution in [0, 0.1) is 5.41 Å². The van der Waals surface area contributed by atoms with Crippen LogP contribution in [-0.2, 0) is 33.3 Å². The zero-order valence-corrected chi connectivity index (χ0v) is 18.6. The van der Waals surface area contributed by atoms with Gasteiger partial charge in [-0.25, -0.2) is 0 Å². The maximum absolute atomic E-state index is 11.5. The minimum atomic E-state index is -0.114. The molecule has 29 heavy (non-hydrogen) atoms. The van der Waals surface area contributed by atoms with Crippen LogP contribution in [0.3, 0.4) is 0 Å². The van der Waals surface area contributed by atoms with Crippen LogP contribution in [-0.4, -0.2) is 91.0 Å². The molecule has 0 atom stereocenters. The van der Waals surface area contributed by atoms with E-state index in [9.17, 15) is 9.59 Å². The van der Waals surface area contributed by atoms with Gasteiger partial charge < -0.3 is 34.3 Å². The van der Waals surface area contributed by atoms with E-state index < -0.39 is 0 Å². The van der Waals surface area contributed by atoms with E-state index in [4.69, 9.17) is 23.7 Å². The van der Waals surface area contributed by atoms with Gasteiger partial charge in [0.15, 0.2) is 0 Å². The molecule has 0 aromatic carbocycles. The van der Waals surface area contributed by atoms with Crippen LogP contribution in [0.2, 0.25) is 0 Å². The lowest BCUT2D eigenvalue weighted by Crippen LogP contribution is -2.34. The Bertz CT molecular complexity index is 414. The minimum Gasteiger partial charge on any atom is -0.377 e. The Balaban J connectivity index is 3.17. The number of carbonyl (C=O) groups is 2. The van der Waals surface area contributed by atoms with Crippen LogP contribution in [0.15, 0.2) is 0 Å². The second-order valence-corrected chi connectivity index (χ2v) is 7.54. The molecule has 0 aliphatic carbocycles. The molecular formula is C20H40N2O7. The SMILES string of the molecule is CCC(=O)NCCOCCOCCOCCOCCOCC(=O)NCC(C)(C)C. The lowest BCUT2D eigenvalue weighted by molar-refractivity contribution is -0.126. The van der Waals surface area contributed by atoms with Gasteiger partial charge in [-0.2, -0.15) is 0 Å². The highest BCUT2D eigenvalue weighted by molar-refractivity contribution is 5.77. The zero-order valence-electron chi connectivity index (χ0n) is 18.6. The van der Waals surface area contributed by atoms with Gasteiger partial charge in [-0.15, -0.1) is 0 Å². The Labute approximate surface area is 175 Å². The third kappa shape index (κ3) is 22.9. The molecule has 0 saturated carbocycles. The number of nitrogens with one attached hydrogen (secondary N) is 2. The van der Waals surface area contributed by atoms with Crippen molar-refractivity contribution in [3.8, 4) is 0 Å². The predicted molar refractivity (Wildman–Crippen MR) is 110 cm³/mol. The van der Waals surface area contributed by atoms with Gasteiger partial charge in [0.05, 0.1) is 59.5 Å².